The van der Waals surface area contributed by atoms with Crippen molar-refractivity contribution in [2.75, 3.05) is 6.61 Å². The molecule has 2 rings (SSSR count). The van der Waals surface area contributed by atoms with Crippen molar-refractivity contribution in [2.45, 2.75) is 19.7 Å². The third-order valence-corrected chi connectivity index (χ3v) is 3.15. The lowest BCUT2D eigenvalue weighted by molar-refractivity contribution is 0.271. The van der Waals surface area contributed by atoms with Crippen molar-refractivity contribution < 1.29 is 4.74 Å². The first-order valence-electron chi connectivity index (χ1n) is 6.61. The van der Waals surface area contributed by atoms with Crippen LogP contribution in [0, 0.1) is 5.92 Å². The summed E-state index contributed by atoms with van der Waals surface area (Å²) in [6.07, 6.45) is 0. The highest BCUT2D eigenvalue weighted by molar-refractivity contribution is 6.17. The molecule has 0 saturated carbocycles. The number of pyridine rings is 1. The van der Waals surface area contributed by atoms with E-state index in [-0.39, 0.29) is 11.4 Å². The van der Waals surface area contributed by atoms with Gasteiger partial charge in [0.25, 0.3) is 5.56 Å². The van der Waals surface area contributed by atoms with Gasteiger partial charge in [-0.2, -0.15) is 0 Å². The lowest BCUT2D eigenvalue weighted by atomic mass is 10.1. The summed E-state index contributed by atoms with van der Waals surface area (Å²) in [6, 6.07) is 11.3. The van der Waals surface area contributed by atoms with Gasteiger partial charge in [0, 0.05) is 16.8 Å². The van der Waals surface area contributed by atoms with E-state index in [2.05, 4.69) is 18.8 Å². The zero-order valence-electron chi connectivity index (χ0n) is 11.7. The highest BCUT2D eigenvalue weighted by Gasteiger charge is 2.04. The topological polar surface area (TPSA) is 42.1 Å². The van der Waals surface area contributed by atoms with Crippen molar-refractivity contribution in [1.82, 2.24) is 4.98 Å². The first-order valence-corrected chi connectivity index (χ1v) is 7.15. The van der Waals surface area contributed by atoms with Crippen LogP contribution in [-0.2, 0) is 5.88 Å². The Kier molecular flexibility index (Phi) is 4.85. The van der Waals surface area contributed by atoms with Crippen LogP contribution in [-0.4, -0.2) is 11.6 Å². The quantitative estimate of drug-likeness (QED) is 0.851. The Hall–Kier alpha value is -1.74. The van der Waals surface area contributed by atoms with Crippen LogP contribution in [0.5, 0.6) is 5.75 Å². The largest absolute Gasteiger partial charge is 0.493 e. The molecule has 0 aliphatic carbocycles. The maximum atomic E-state index is 11.8. The molecule has 0 atom stereocenters. The summed E-state index contributed by atoms with van der Waals surface area (Å²) in [5, 5.41) is 0. The normalized spacial score (nSPS) is 10.8. The van der Waals surface area contributed by atoms with Gasteiger partial charge in [0.15, 0.2) is 0 Å². The van der Waals surface area contributed by atoms with Gasteiger partial charge in [0.2, 0.25) is 0 Å². The minimum absolute atomic E-state index is 0.147. The summed E-state index contributed by atoms with van der Waals surface area (Å²) >= 11 is 5.69. The van der Waals surface area contributed by atoms with E-state index in [9.17, 15) is 4.79 Å². The minimum Gasteiger partial charge on any atom is -0.493 e. The first-order chi connectivity index (χ1) is 9.60. The van der Waals surface area contributed by atoms with Crippen LogP contribution in [0.15, 0.2) is 41.2 Å². The van der Waals surface area contributed by atoms with E-state index in [1.165, 1.54) is 0 Å². The Labute approximate surface area is 123 Å². The van der Waals surface area contributed by atoms with Crippen molar-refractivity contribution in [3.8, 4) is 17.0 Å². The SMILES string of the molecule is CC(C)COc1cccc(-c2ccc(CCl)c(=O)[nH]2)c1. The van der Waals surface area contributed by atoms with Crippen LogP contribution in [0.4, 0.5) is 0 Å². The van der Waals surface area contributed by atoms with Crippen LogP contribution in [0.3, 0.4) is 0 Å². The number of H-pyrrole nitrogens is 1. The van der Waals surface area contributed by atoms with Crippen molar-refractivity contribution in [3.63, 3.8) is 0 Å². The smallest absolute Gasteiger partial charge is 0.252 e. The molecule has 106 valence electrons. The Morgan fingerprint density at radius 2 is 2.05 bits per heavy atom. The van der Waals surface area contributed by atoms with Gasteiger partial charge in [-0.05, 0) is 24.1 Å². The summed E-state index contributed by atoms with van der Waals surface area (Å²) in [5.41, 5.74) is 2.11. The molecule has 1 heterocycles. The molecule has 3 nitrogen and oxygen atoms in total. The van der Waals surface area contributed by atoms with Crippen LogP contribution in [0.1, 0.15) is 19.4 Å². The van der Waals surface area contributed by atoms with Crippen LogP contribution in [0.2, 0.25) is 0 Å². The first kappa shape index (κ1) is 14.7. The number of aromatic amines is 1. The third kappa shape index (κ3) is 3.64. The molecular formula is C16H18ClNO2. The molecule has 0 fully saturated rings. The molecule has 0 bridgehead atoms. The van der Waals surface area contributed by atoms with Crippen molar-refractivity contribution in [2.24, 2.45) is 5.92 Å². The lowest BCUT2D eigenvalue weighted by Crippen LogP contribution is -2.11. The Balaban J connectivity index is 2.26. The molecule has 2 aromatic rings. The summed E-state index contributed by atoms with van der Waals surface area (Å²) in [6.45, 7) is 4.88. The van der Waals surface area contributed by atoms with E-state index in [1.807, 2.05) is 30.3 Å². The number of rotatable bonds is 5. The van der Waals surface area contributed by atoms with E-state index < -0.39 is 0 Å². The number of nitrogens with one attached hydrogen (secondary N) is 1. The molecule has 4 heteroatoms. The highest BCUT2D eigenvalue weighted by atomic mass is 35.5. The van der Waals surface area contributed by atoms with Crippen LogP contribution >= 0.6 is 11.6 Å². The number of hydrogen-bond acceptors (Lipinski definition) is 2. The van der Waals surface area contributed by atoms with Crippen LogP contribution in [0.25, 0.3) is 11.3 Å². The van der Waals surface area contributed by atoms with Crippen molar-refractivity contribution in [1.29, 1.82) is 0 Å². The summed E-state index contributed by atoms with van der Waals surface area (Å²) in [5.74, 6) is 1.49. The standard InChI is InChI=1S/C16H18ClNO2/c1-11(2)10-20-14-5-3-4-12(8-14)15-7-6-13(9-17)16(19)18-15/h3-8,11H,9-10H2,1-2H3,(H,18,19). The second-order valence-electron chi connectivity index (χ2n) is 5.09. The molecule has 20 heavy (non-hydrogen) atoms. The molecule has 0 spiro atoms. The Bertz CT molecular complexity index is 634. The second kappa shape index (κ2) is 6.62. The number of benzene rings is 1. The number of alkyl halides is 1. The summed E-state index contributed by atoms with van der Waals surface area (Å²) in [7, 11) is 0. The number of hydrogen-bond donors (Lipinski definition) is 1. The van der Waals surface area contributed by atoms with E-state index >= 15 is 0 Å². The van der Waals surface area contributed by atoms with Gasteiger partial charge in [-0.1, -0.05) is 32.0 Å². The number of halogens is 1. The number of aromatic nitrogens is 1. The monoisotopic (exact) mass is 291 g/mol. The zero-order valence-corrected chi connectivity index (χ0v) is 12.4. The van der Waals surface area contributed by atoms with Gasteiger partial charge in [0.05, 0.1) is 12.5 Å². The van der Waals surface area contributed by atoms with Crippen LogP contribution < -0.4 is 10.3 Å². The predicted octanol–water partition coefficient (Wildman–Crippen LogP) is 3.82. The van der Waals surface area contributed by atoms with E-state index in [0.29, 0.717) is 18.1 Å². The maximum absolute atomic E-state index is 11.8. The van der Waals surface area contributed by atoms with E-state index in [0.717, 1.165) is 17.0 Å². The molecule has 1 N–H and O–H groups in total. The van der Waals surface area contributed by atoms with Gasteiger partial charge in [-0.3, -0.25) is 4.79 Å². The Morgan fingerprint density at radius 3 is 2.70 bits per heavy atom. The second-order valence-corrected chi connectivity index (χ2v) is 5.36. The van der Waals surface area contributed by atoms with Crippen molar-refractivity contribution in [3.05, 3.63) is 52.3 Å². The average Bonchev–Trinajstić information content (AvgIpc) is 2.45. The maximum Gasteiger partial charge on any atom is 0.252 e. The fraction of sp³-hybridized carbons (Fsp3) is 0.312. The molecule has 0 aliphatic heterocycles. The molecule has 0 aliphatic rings. The van der Waals surface area contributed by atoms with Gasteiger partial charge < -0.3 is 9.72 Å². The minimum atomic E-state index is -0.147. The molecule has 1 aromatic carbocycles. The zero-order chi connectivity index (χ0) is 14.5. The fourth-order valence-corrected chi connectivity index (χ4v) is 2.00. The molecule has 1 aromatic heterocycles. The molecule has 0 saturated heterocycles. The predicted molar refractivity (Wildman–Crippen MR) is 82.4 cm³/mol. The van der Waals surface area contributed by atoms with Gasteiger partial charge in [0.1, 0.15) is 5.75 Å². The van der Waals surface area contributed by atoms with E-state index in [4.69, 9.17) is 16.3 Å². The average molecular weight is 292 g/mol. The molecule has 0 radical (unpaired) electrons. The van der Waals surface area contributed by atoms with Gasteiger partial charge in [-0.15, -0.1) is 11.6 Å². The number of ether oxygens (including phenoxy) is 1. The molecule has 0 unspecified atom stereocenters. The highest BCUT2D eigenvalue weighted by Crippen LogP contribution is 2.22. The summed E-state index contributed by atoms with van der Waals surface area (Å²) < 4.78 is 5.69. The van der Waals surface area contributed by atoms with Gasteiger partial charge in [-0.25, -0.2) is 0 Å². The third-order valence-electron chi connectivity index (χ3n) is 2.86. The lowest BCUT2D eigenvalue weighted by Gasteiger charge is -2.10. The Morgan fingerprint density at radius 1 is 1.25 bits per heavy atom. The molecular weight excluding hydrogens is 274 g/mol. The van der Waals surface area contributed by atoms with E-state index in [1.54, 1.807) is 6.07 Å². The summed E-state index contributed by atoms with van der Waals surface area (Å²) in [4.78, 5) is 14.6. The fourth-order valence-electron chi connectivity index (χ4n) is 1.79. The van der Waals surface area contributed by atoms with Gasteiger partial charge >= 0.3 is 0 Å². The van der Waals surface area contributed by atoms with Crippen molar-refractivity contribution >= 4 is 11.6 Å². The molecule has 0 amide bonds.